The fraction of sp³-hybridized carbons (Fsp3) is 0.171. The highest BCUT2D eigenvalue weighted by Crippen LogP contribution is 2.36. The molecule has 5 N–H and O–H groups in total. The standard InChI is InChI=1S/C24H21IN4O5S.C17H21N3O4S/c1-2-34-18-9-11-19(12-10-18)35(32,33)29(17-6-4-3-5-7-17)15-22(30)27-28-23-20-14-16(25)8-13-21(20)26-24(23)31;1-3-24-15-8-10-16(11-9-15)25(22,23)20(12-17(21)19-18)14-6-4-13(2)5-7-14/h3-14,26,31H,2,15H2,1H3;4-11H,3,12,18H2,1-2H3,(H,19,21). The van der Waals surface area contributed by atoms with Crippen LogP contribution in [0.1, 0.15) is 19.4 Å². The van der Waals surface area contributed by atoms with Gasteiger partial charge in [0.25, 0.3) is 31.9 Å². The summed E-state index contributed by atoms with van der Waals surface area (Å²) >= 11 is 2.12. The second kappa shape index (κ2) is 20.3. The molecule has 0 fully saturated rings. The van der Waals surface area contributed by atoms with Crippen molar-refractivity contribution in [1.29, 1.82) is 0 Å². The summed E-state index contributed by atoms with van der Waals surface area (Å²) in [5.74, 6) is 4.58. The van der Waals surface area contributed by atoms with Crippen LogP contribution in [0.4, 0.5) is 17.1 Å². The van der Waals surface area contributed by atoms with Crippen LogP contribution in [0, 0.1) is 10.5 Å². The molecule has 0 unspecified atom stereocenters. The number of nitrogens with two attached hydrogens (primary N) is 1. The van der Waals surface area contributed by atoms with E-state index in [9.17, 15) is 31.5 Å². The van der Waals surface area contributed by atoms with Crippen LogP contribution < -0.4 is 29.4 Å². The Kier molecular flexibility index (Phi) is 15.2. The van der Waals surface area contributed by atoms with E-state index in [2.05, 4.69) is 37.8 Å². The van der Waals surface area contributed by atoms with Gasteiger partial charge in [0.1, 0.15) is 24.6 Å². The van der Waals surface area contributed by atoms with Gasteiger partial charge < -0.3 is 19.6 Å². The quantitative estimate of drug-likeness (QED) is 0.0272. The fourth-order valence-electron chi connectivity index (χ4n) is 5.61. The number of aromatic nitrogens is 1. The number of nitrogens with one attached hydrogen (secondary N) is 2. The molecule has 314 valence electrons. The Hall–Kier alpha value is -6.03. The second-order valence-electron chi connectivity index (χ2n) is 12.7. The summed E-state index contributed by atoms with van der Waals surface area (Å²) in [6.07, 6.45) is 0. The van der Waals surface area contributed by atoms with Gasteiger partial charge in [-0.2, -0.15) is 0 Å². The van der Waals surface area contributed by atoms with E-state index >= 15 is 0 Å². The van der Waals surface area contributed by atoms with Crippen molar-refractivity contribution in [2.24, 2.45) is 16.1 Å². The van der Waals surface area contributed by atoms with Crippen LogP contribution in [0.15, 0.2) is 141 Å². The van der Waals surface area contributed by atoms with E-state index in [0.29, 0.717) is 47.0 Å². The first-order valence-corrected chi connectivity index (χ1v) is 22.2. The number of fused-ring (bicyclic) bond motifs is 1. The average molecular weight is 968 g/mol. The number of anilines is 2. The van der Waals surface area contributed by atoms with Gasteiger partial charge in [0, 0.05) is 8.96 Å². The summed E-state index contributed by atoms with van der Waals surface area (Å²) in [5.41, 5.74) is 4.35. The van der Waals surface area contributed by atoms with Crippen molar-refractivity contribution >= 4 is 82.4 Å². The number of amides is 2. The highest BCUT2D eigenvalue weighted by molar-refractivity contribution is 14.1. The van der Waals surface area contributed by atoms with Gasteiger partial charge in [-0.15, -0.1) is 10.2 Å². The topological polar surface area (TPSA) is 226 Å². The molecule has 60 heavy (non-hydrogen) atoms. The molecule has 0 radical (unpaired) electrons. The van der Waals surface area contributed by atoms with Gasteiger partial charge in [0.05, 0.1) is 39.9 Å². The van der Waals surface area contributed by atoms with Crippen LogP contribution >= 0.6 is 22.6 Å². The predicted octanol–water partition coefficient (Wildman–Crippen LogP) is 6.96. The van der Waals surface area contributed by atoms with Crippen molar-refractivity contribution in [2.45, 2.75) is 30.6 Å². The third-order valence-electron chi connectivity index (χ3n) is 8.51. The number of benzene rings is 5. The maximum Gasteiger partial charge on any atom is 0.285 e. The van der Waals surface area contributed by atoms with Crippen molar-refractivity contribution in [3.05, 3.63) is 130 Å². The number of aryl methyl sites for hydroxylation is 1. The summed E-state index contributed by atoms with van der Waals surface area (Å²) in [6, 6.07) is 32.5. The SMILES string of the molecule is CCOc1ccc(S(=O)(=O)N(CC(=O)N=Nc2c(O)[nH]c3ccc(I)cc23)c2ccccc2)cc1.CCOc1ccc(S(=O)(=O)N(CC(=O)NN)c2ccc(C)cc2)cc1. The number of aromatic hydroxyl groups is 1. The number of hydrogen-bond donors (Lipinski definition) is 4. The molecule has 1 aromatic heterocycles. The molecule has 0 spiro atoms. The molecule has 0 bridgehead atoms. The van der Waals surface area contributed by atoms with Gasteiger partial charge >= 0.3 is 0 Å². The molecule has 6 rings (SSSR count). The van der Waals surface area contributed by atoms with Gasteiger partial charge in [0.15, 0.2) is 5.69 Å². The lowest BCUT2D eigenvalue weighted by molar-refractivity contribution is -0.119. The molecule has 19 heteroatoms. The molecule has 5 aromatic carbocycles. The van der Waals surface area contributed by atoms with E-state index in [4.69, 9.17) is 15.3 Å². The van der Waals surface area contributed by atoms with E-state index in [-0.39, 0.29) is 21.4 Å². The number of nitrogens with zero attached hydrogens (tertiary/aromatic N) is 4. The minimum absolute atomic E-state index is 0.00149. The normalized spacial score (nSPS) is 11.4. The van der Waals surface area contributed by atoms with Gasteiger partial charge in [-0.05, 0) is 134 Å². The van der Waals surface area contributed by atoms with Crippen LogP contribution in [-0.2, 0) is 29.6 Å². The number of aromatic amines is 1. The first kappa shape index (κ1) is 45.1. The molecule has 0 atom stereocenters. The number of ether oxygens (including phenoxy) is 2. The first-order chi connectivity index (χ1) is 28.7. The van der Waals surface area contributed by atoms with Crippen LogP contribution in [0.2, 0.25) is 0 Å². The largest absolute Gasteiger partial charge is 0.494 e. The van der Waals surface area contributed by atoms with Crippen LogP contribution in [0.3, 0.4) is 0 Å². The summed E-state index contributed by atoms with van der Waals surface area (Å²) in [7, 11) is -8.05. The Morgan fingerprint density at radius 1 is 0.750 bits per heavy atom. The number of sulfonamides is 2. The third kappa shape index (κ3) is 11.2. The van der Waals surface area contributed by atoms with Gasteiger partial charge in [-0.1, -0.05) is 35.9 Å². The number of para-hydroxylation sites is 1. The lowest BCUT2D eigenvalue weighted by Gasteiger charge is -2.24. The maximum absolute atomic E-state index is 13.5. The maximum atomic E-state index is 13.5. The number of hydrazine groups is 1. The molecule has 0 aliphatic heterocycles. The Balaban J connectivity index is 0.000000241. The van der Waals surface area contributed by atoms with Crippen LogP contribution in [0.5, 0.6) is 17.4 Å². The average Bonchev–Trinajstić information content (AvgIpc) is 3.55. The summed E-state index contributed by atoms with van der Waals surface area (Å²) in [6.45, 7) is 5.50. The zero-order valence-electron chi connectivity index (χ0n) is 32.6. The summed E-state index contributed by atoms with van der Waals surface area (Å²) in [5, 5.41) is 18.4. The summed E-state index contributed by atoms with van der Waals surface area (Å²) < 4.78 is 66.5. The molecule has 2 amide bonds. The minimum atomic E-state index is -4.10. The number of halogens is 1. The number of azo groups is 1. The lowest BCUT2D eigenvalue weighted by Crippen LogP contribution is -2.43. The summed E-state index contributed by atoms with van der Waals surface area (Å²) in [4.78, 5) is 27.3. The Bertz CT molecular complexity index is 2660. The predicted molar refractivity (Wildman–Crippen MR) is 236 cm³/mol. The Labute approximate surface area is 361 Å². The number of carbonyl (C=O) groups excluding carboxylic acids is 2. The first-order valence-electron chi connectivity index (χ1n) is 18.2. The Morgan fingerprint density at radius 2 is 1.27 bits per heavy atom. The third-order valence-corrected chi connectivity index (χ3v) is 12.8. The molecule has 0 saturated heterocycles. The van der Waals surface area contributed by atoms with Crippen molar-refractivity contribution in [1.82, 2.24) is 10.4 Å². The number of hydrogen-bond acceptors (Lipinski definition) is 11. The number of H-pyrrole nitrogens is 1. The molecule has 0 aliphatic carbocycles. The molecule has 16 nitrogen and oxygen atoms in total. The number of carbonyl (C=O) groups is 2. The molecule has 1 heterocycles. The second-order valence-corrected chi connectivity index (χ2v) is 17.6. The molecular weight excluding hydrogens is 926 g/mol. The smallest absolute Gasteiger partial charge is 0.285 e. The number of rotatable bonds is 15. The van der Waals surface area contributed by atoms with Gasteiger partial charge in [0.2, 0.25) is 5.88 Å². The van der Waals surface area contributed by atoms with Crippen molar-refractivity contribution in [2.75, 3.05) is 34.9 Å². The highest BCUT2D eigenvalue weighted by Gasteiger charge is 2.29. The lowest BCUT2D eigenvalue weighted by atomic mass is 10.2. The van der Waals surface area contributed by atoms with Crippen LogP contribution in [-0.4, -0.2) is 65.0 Å². The Morgan fingerprint density at radius 3 is 1.78 bits per heavy atom. The van der Waals surface area contributed by atoms with Gasteiger partial charge in [-0.25, -0.2) is 22.7 Å². The highest BCUT2D eigenvalue weighted by atomic mass is 127. The zero-order valence-corrected chi connectivity index (χ0v) is 36.4. The van der Waals surface area contributed by atoms with E-state index < -0.39 is 45.0 Å². The molecule has 0 aliphatic rings. The van der Waals surface area contributed by atoms with Crippen molar-refractivity contribution in [3.63, 3.8) is 0 Å². The zero-order chi connectivity index (χ0) is 43.5. The van der Waals surface area contributed by atoms with E-state index in [1.807, 2.05) is 32.3 Å². The minimum Gasteiger partial charge on any atom is -0.494 e. The molecule has 6 aromatic rings. The monoisotopic (exact) mass is 967 g/mol. The van der Waals surface area contributed by atoms with E-state index in [1.165, 1.54) is 24.3 Å². The molecular formula is C41H42IN7O9S2. The van der Waals surface area contributed by atoms with Crippen molar-refractivity contribution < 1.29 is 41.0 Å². The van der Waals surface area contributed by atoms with E-state index in [0.717, 1.165) is 17.7 Å². The van der Waals surface area contributed by atoms with Crippen LogP contribution in [0.25, 0.3) is 10.9 Å². The van der Waals surface area contributed by atoms with Crippen molar-refractivity contribution in [3.8, 4) is 17.4 Å². The van der Waals surface area contributed by atoms with E-state index in [1.54, 1.807) is 91.0 Å². The fourth-order valence-corrected chi connectivity index (χ4v) is 8.94. The molecule has 0 saturated carbocycles. The van der Waals surface area contributed by atoms with Gasteiger partial charge in [-0.3, -0.25) is 23.6 Å².